The van der Waals surface area contributed by atoms with Crippen LogP contribution in [0.15, 0.2) is 48.5 Å². The Kier molecular flexibility index (Phi) is 7.34. The van der Waals surface area contributed by atoms with E-state index in [0.29, 0.717) is 17.7 Å². The van der Waals surface area contributed by atoms with Gasteiger partial charge in [0.05, 0.1) is 12.6 Å². The van der Waals surface area contributed by atoms with E-state index >= 15 is 0 Å². The summed E-state index contributed by atoms with van der Waals surface area (Å²) < 4.78 is 19.3. The van der Waals surface area contributed by atoms with Crippen LogP contribution in [-0.2, 0) is 16.0 Å². The first-order valence-electron chi connectivity index (χ1n) is 8.90. The van der Waals surface area contributed by atoms with Gasteiger partial charge in [-0.2, -0.15) is 0 Å². The van der Waals surface area contributed by atoms with E-state index in [1.54, 1.807) is 42.5 Å². The van der Waals surface area contributed by atoms with Crippen molar-refractivity contribution >= 4 is 17.5 Å². The zero-order valence-electron chi connectivity index (χ0n) is 15.9. The highest BCUT2D eigenvalue weighted by molar-refractivity contribution is 5.94. The van der Waals surface area contributed by atoms with E-state index in [2.05, 4.69) is 5.32 Å². The molecule has 0 aliphatic heterocycles. The second-order valence-corrected chi connectivity index (χ2v) is 6.52. The smallest absolute Gasteiger partial charge is 0.243 e. The Balaban J connectivity index is 1.90. The number of amides is 2. The van der Waals surface area contributed by atoms with Crippen molar-refractivity contribution < 1.29 is 18.7 Å². The highest BCUT2D eigenvalue weighted by Crippen LogP contribution is 2.17. The fourth-order valence-corrected chi connectivity index (χ4v) is 2.57. The van der Waals surface area contributed by atoms with E-state index in [0.717, 1.165) is 5.75 Å². The van der Waals surface area contributed by atoms with Crippen LogP contribution in [-0.4, -0.2) is 35.9 Å². The summed E-state index contributed by atoms with van der Waals surface area (Å²) in [6.45, 7) is 5.45. The summed E-state index contributed by atoms with van der Waals surface area (Å²) in [5, 5.41) is 2.75. The fourth-order valence-electron chi connectivity index (χ4n) is 2.57. The van der Waals surface area contributed by atoms with Crippen molar-refractivity contribution in [1.82, 2.24) is 4.90 Å². The zero-order valence-corrected chi connectivity index (χ0v) is 15.9. The number of nitrogens with zero attached hydrogens (tertiary/aromatic N) is 1. The molecule has 6 heteroatoms. The van der Waals surface area contributed by atoms with E-state index < -0.39 is 0 Å². The number of nitrogens with one attached hydrogen (secondary N) is 1. The summed E-state index contributed by atoms with van der Waals surface area (Å²) in [4.78, 5) is 25.5. The highest BCUT2D eigenvalue weighted by atomic mass is 19.1. The third kappa shape index (κ3) is 6.73. The van der Waals surface area contributed by atoms with Crippen LogP contribution in [0.1, 0.15) is 26.3 Å². The first kappa shape index (κ1) is 20.4. The molecule has 0 aliphatic rings. The van der Waals surface area contributed by atoms with Crippen LogP contribution in [0.3, 0.4) is 0 Å². The molecule has 0 atom stereocenters. The predicted octanol–water partition coefficient (Wildman–Crippen LogP) is 3.64. The minimum atomic E-state index is -0.311. The van der Waals surface area contributed by atoms with E-state index in [1.807, 2.05) is 13.8 Å². The Morgan fingerprint density at radius 1 is 1.11 bits per heavy atom. The Bertz CT molecular complexity index is 775. The maximum atomic E-state index is 13.7. The largest absolute Gasteiger partial charge is 0.491 e. The fraction of sp³-hybridized carbons (Fsp3) is 0.333. The van der Waals surface area contributed by atoms with Gasteiger partial charge in [0.25, 0.3) is 0 Å². The molecule has 0 spiro atoms. The van der Waals surface area contributed by atoms with Crippen LogP contribution in [0.4, 0.5) is 10.1 Å². The maximum Gasteiger partial charge on any atom is 0.243 e. The van der Waals surface area contributed by atoms with Crippen LogP contribution < -0.4 is 10.1 Å². The lowest BCUT2D eigenvalue weighted by atomic mass is 10.1. The van der Waals surface area contributed by atoms with Crippen LogP contribution >= 0.6 is 0 Å². The Hall–Kier alpha value is -2.89. The zero-order chi connectivity index (χ0) is 19.8. The third-order valence-corrected chi connectivity index (χ3v) is 3.90. The van der Waals surface area contributed by atoms with Gasteiger partial charge in [0, 0.05) is 19.2 Å². The highest BCUT2D eigenvalue weighted by Gasteiger charge is 2.15. The SMILES string of the molecule is CC(=O)N(CCc1ccccc1F)CC(=O)Nc1ccc(OC(C)C)cc1. The second-order valence-electron chi connectivity index (χ2n) is 6.52. The summed E-state index contributed by atoms with van der Waals surface area (Å²) in [6, 6.07) is 13.5. The summed E-state index contributed by atoms with van der Waals surface area (Å²) in [7, 11) is 0. The molecule has 0 bridgehead atoms. The van der Waals surface area contributed by atoms with Crippen molar-refractivity contribution in [1.29, 1.82) is 0 Å². The summed E-state index contributed by atoms with van der Waals surface area (Å²) >= 11 is 0. The minimum absolute atomic E-state index is 0.0732. The van der Waals surface area contributed by atoms with E-state index in [4.69, 9.17) is 4.74 Å². The molecule has 2 aromatic carbocycles. The van der Waals surface area contributed by atoms with E-state index in [1.165, 1.54) is 17.9 Å². The predicted molar refractivity (Wildman–Crippen MR) is 103 cm³/mol. The molecule has 5 nitrogen and oxygen atoms in total. The topological polar surface area (TPSA) is 58.6 Å². The first-order valence-corrected chi connectivity index (χ1v) is 8.90. The molecule has 0 unspecified atom stereocenters. The number of halogens is 1. The normalized spacial score (nSPS) is 10.6. The average molecular weight is 372 g/mol. The van der Waals surface area contributed by atoms with Crippen molar-refractivity contribution in [2.45, 2.75) is 33.3 Å². The first-order chi connectivity index (χ1) is 12.8. The Morgan fingerprint density at radius 3 is 2.37 bits per heavy atom. The van der Waals surface area contributed by atoms with E-state index in [-0.39, 0.29) is 36.8 Å². The number of hydrogen-bond donors (Lipinski definition) is 1. The Labute approximate surface area is 159 Å². The molecule has 0 fully saturated rings. The standard InChI is InChI=1S/C21H25FN2O3/c1-15(2)27-19-10-8-18(9-11-19)23-21(26)14-24(16(3)25)13-12-17-6-4-5-7-20(17)22/h4-11,15H,12-14H2,1-3H3,(H,23,26). The van der Waals surface area contributed by atoms with Crippen LogP contribution in [0.2, 0.25) is 0 Å². The molecule has 144 valence electrons. The van der Waals surface area contributed by atoms with Gasteiger partial charge in [-0.05, 0) is 56.2 Å². The van der Waals surface area contributed by atoms with Gasteiger partial charge >= 0.3 is 0 Å². The Morgan fingerprint density at radius 2 is 1.78 bits per heavy atom. The van der Waals surface area contributed by atoms with Gasteiger partial charge in [-0.1, -0.05) is 18.2 Å². The molecule has 2 amide bonds. The lowest BCUT2D eigenvalue weighted by molar-refractivity contribution is -0.132. The van der Waals surface area contributed by atoms with Crippen LogP contribution in [0.5, 0.6) is 5.75 Å². The maximum absolute atomic E-state index is 13.7. The number of ether oxygens (including phenoxy) is 1. The van der Waals surface area contributed by atoms with Crippen LogP contribution in [0, 0.1) is 5.82 Å². The quantitative estimate of drug-likeness (QED) is 0.770. The number of anilines is 1. The molecule has 0 saturated carbocycles. The lowest BCUT2D eigenvalue weighted by Gasteiger charge is -2.20. The number of rotatable bonds is 8. The molecule has 0 saturated heterocycles. The number of hydrogen-bond acceptors (Lipinski definition) is 3. The van der Waals surface area contributed by atoms with Gasteiger partial charge in [0.1, 0.15) is 11.6 Å². The third-order valence-electron chi connectivity index (χ3n) is 3.90. The molecule has 0 aromatic heterocycles. The van der Waals surface area contributed by atoms with Crippen molar-refractivity contribution in [2.24, 2.45) is 0 Å². The van der Waals surface area contributed by atoms with Crippen molar-refractivity contribution in [2.75, 3.05) is 18.4 Å². The van der Waals surface area contributed by atoms with Crippen molar-refractivity contribution in [3.05, 3.63) is 59.9 Å². The molecule has 0 heterocycles. The molecule has 0 aliphatic carbocycles. The van der Waals surface area contributed by atoms with Gasteiger partial charge in [-0.15, -0.1) is 0 Å². The van der Waals surface area contributed by atoms with Gasteiger partial charge < -0.3 is 15.0 Å². The molecule has 2 aromatic rings. The van der Waals surface area contributed by atoms with Crippen molar-refractivity contribution in [3.63, 3.8) is 0 Å². The van der Waals surface area contributed by atoms with Gasteiger partial charge in [0.2, 0.25) is 11.8 Å². The van der Waals surface area contributed by atoms with Gasteiger partial charge in [0.15, 0.2) is 0 Å². The number of carbonyl (C=O) groups excluding carboxylic acids is 2. The second kappa shape index (κ2) is 9.71. The monoisotopic (exact) mass is 372 g/mol. The summed E-state index contributed by atoms with van der Waals surface area (Å²) in [5.74, 6) is -0.133. The van der Waals surface area contributed by atoms with Gasteiger partial charge in [-0.25, -0.2) is 4.39 Å². The summed E-state index contributed by atoms with van der Waals surface area (Å²) in [6.07, 6.45) is 0.421. The molecule has 2 rings (SSSR count). The van der Waals surface area contributed by atoms with Gasteiger partial charge in [-0.3, -0.25) is 9.59 Å². The lowest BCUT2D eigenvalue weighted by Crippen LogP contribution is -2.38. The molecular formula is C21H25FN2O3. The number of benzene rings is 2. The molecule has 1 N–H and O–H groups in total. The van der Waals surface area contributed by atoms with E-state index in [9.17, 15) is 14.0 Å². The molecular weight excluding hydrogens is 347 g/mol. The molecule has 27 heavy (non-hydrogen) atoms. The molecule has 0 radical (unpaired) electrons. The summed E-state index contributed by atoms with van der Waals surface area (Å²) in [5.41, 5.74) is 1.14. The minimum Gasteiger partial charge on any atom is -0.491 e. The average Bonchev–Trinajstić information content (AvgIpc) is 2.61. The number of carbonyl (C=O) groups is 2. The van der Waals surface area contributed by atoms with Crippen molar-refractivity contribution in [3.8, 4) is 5.75 Å². The van der Waals surface area contributed by atoms with Crippen LogP contribution in [0.25, 0.3) is 0 Å².